The highest BCUT2D eigenvalue weighted by Crippen LogP contribution is 2.39. The molecule has 2 rings (SSSR count). The van der Waals surface area contributed by atoms with Crippen molar-refractivity contribution in [2.24, 2.45) is 0 Å². The number of nitrogens with one attached hydrogen (secondary N) is 1. The van der Waals surface area contributed by atoms with E-state index in [0.29, 0.717) is 6.79 Å². The minimum absolute atomic E-state index is 0.307. The van der Waals surface area contributed by atoms with Crippen LogP contribution in [0.4, 0.5) is 0 Å². The third-order valence-electron chi connectivity index (χ3n) is 2.34. The summed E-state index contributed by atoms with van der Waals surface area (Å²) >= 11 is 3.47. The van der Waals surface area contributed by atoms with Gasteiger partial charge in [-0.3, -0.25) is 0 Å². The summed E-state index contributed by atoms with van der Waals surface area (Å²) < 4.78 is 11.6. The van der Waals surface area contributed by atoms with Crippen molar-refractivity contribution in [2.75, 3.05) is 13.3 Å². The molecule has 1 heterocycles. The monoisotopic (exact) mass is 283 g/mol. The van der Waals surface area contributed by atoms with Gasteiger partial charge in [0, 0.05) is 6.54 Å². The molecule has 86 valence electrons. The number of hydrogen-bond acceptors (Lipinski definition) is 3. The maximum atomic E-state index is 5.35. The first-order valence-electron chi connectivity index (χ1n) is 5.21. The molecule has 0 bridgehead atoms. The van der Waals surface area contributed by atoms with Crippen LogP contribution >= 0.6 is 15.9 Å². The summed E-state index contributed by atoms with van der Waals surface area (Å²) in [5.41, 5.74) is 1.18. The van der Waals surface area contributed by atoms with E-state index in [9.17, 15) is 0 Å². The second-order valence-corrected chi connectivity index (χ2v) is 4.42. The second kappa shape index (κ2) is 5.37. The predicted molar refractivity (Wildman–Crippen MR) is 66.8 cm³/mol. The lowest BCUT2D eigenvalue weighted by molar-refractivity contribution is 0.173. The lowest BCUT2D eigenvalue weighted by atomic mass is 10.2. The molecule has 16 heavy (non-hydrogen) atoms. The third kappa shape index (κ3) is 2.57. The van der Waals surface area contributed by atoms with Crippen LogP contribution in [-0.4, -0.2) is 13.3 Å². The molecule has 0 radical (unpaired) electrons. The highest BCUT2D eigenvalue weighted by Gasteiger charge is 2.17. The van der Waals surface area contributed by atoms with Crippen molar-refractivity contribution in [1.82, 2.24) is 5.32 Å². The topological polar surface area (TPSA) is 30.5 Å². The van der Waals surface area contributed by atoms with E-state index >= 15 is 0 Å². The van der Waals surface area contributed by atoms with Crippen LogP contribution in [0.3, 0.4) is 0 Å². The Kier molecular flexibility index (Phi) is 3.85. The highest BCUT2D eigenvalue weighted by molar-refractivity contribution is 9.10. The van der Waals surface area contributed by atoms with Gasteiger partial charge in [-0.15, -0.1) is 6.58 Å². The Labute approximate surface area is 104 Å². The number of benzene rings is 1. The van der Waals surface area contributed by atoms with Crippen molar-refractivity contribution in [1.29, 1.82) is 0 Å². The van der Waals surface area contributed by atoms with Crippen LogP contribution in [0.15, 0.2) is 29.3 Å². The van der Waals surface area contributed by atoms with E-state index in [1.165, 1.54) is 5.56 Å². The number of hydrogen-bond donors (Lipinski definition) is 1. The zero-order valence-corrected chi connectivity index (χ0v) is 10.5. The minimum atomic E-state index is 0.307. The first kappa shape index (κ1) is 11.5. The smallest absolute Gasteiger partial charge is 0.231 e. The maximum absolute atomic E-state index is 5.35. The van der Waals surface area contributed by atoms with E-state index in [4.69, 9.17) is 9.47 Å². The van der Waals surface area contributed by atoms with E-state index in [0.717, 1.165) is 35.5 Å². The van der Waals surface area contributed by atoms with Crippen LogP contribution in [0.5, 0.6) is 11.5 Å². The molecular formula is C12H14BrNO2. The van der Waals surface area contributed by atoms with Gasteiger partial charge in [-0.2, -0.15) is 0 Å². The molecule has 0 atom stereocenters. The van der Waals surface area contributed by atoms with E-state index in [1.54, 1.807) is 0 Å². The summed E-state index contributed by atoms with van der Waals surface area (Å²) in [5.74, 6) is 1.62. The minimum Gasteiger partial charge on any atom is -0.454 e. The van der Waals surface area contributed by atoms with E-state index in [-0.39, 0.29) is 0 Å². The van der Waals surface area contributed by atoms with Gasteiger partial charge >= 0.3 is 0 Å². The Morgan fingerprint density at radius 2 is 2.31 bits per heavy atom. The molecule has 0 aromatic heterocycles. The molecule has 4 heteroatoms. The third-order valence-corrected chi connectivity index (χ3v) is 2.93. The Morgan fingerprint density at radius 1 is 1.44 bits per heavy atom. The second-order valence-electron chi connectivity index (χ2n) is 3.57. The summed E-state index contributed by atoms with van der Waals surface area (Å²) in [6.07, 6.45) is 2.88. The van der Waals surface area contributed by atoms with E-state index in [2.05, 4.69) is 33.9 Å². The summed E-state index contributed by atoms with van der Waals surface area (Å²) in [6.45, 7) is 5.75. The summed E-state index contributed by atoms with van der Waals surface area (Å²) in [5, 5.41) is 3.33. The van der Waals surface area contributed by atoms with Crippen LogP contribution in [0.2, 0.25) is 0 Å². The van der Waals surface area contributed by atoms with Gasteiger partial charge in [-0.05, 0) is 46.6 Å². The number of ether oxygens (including phenoxy) is 2. The number of rotatable bonds is 5. The van der Waals surface area contributed by atoms with Gasteiger partial charge in [0.1, 0.15) is 0 Å². The van der Waals surface area contributed by atoms with Gasteiger partial charge in [0.05, 0.1) is 4.47 Å². The summed E-state index contributed by atoms with van der Waals surface area (Å²) in [4.78, 5) is 0. The Morgan fingerprint density at radius 3 is 3.12 bits per heavy atom. The molecule has 3 nitrogen and oxygen atoms in total. The van der Waals surface area contributed by atoms with Gasteiger partial charge < -0.3 is 14.8 Å². The van der Waals surface area contributed by atoms with Crippen molar-refractivity contribution in [3.8, 4) is 11.5 Å². The van der Waals surface area contributed by atoms with Gasteiger partial charge in [0.25, 0.3) is 0 Å². The average Bonchev–Trinajstić information content (AvgIpc) is 2.73. The van der Waals surface area contributed by atoms with E-state index in [1.807, 2.05) is 12.1 Å². The first-order chi connectivity index (χ1) is 7.81. The molecule has 0 unspecified atom stereocenters. The van der Waals surface area contributed by atoms with Crippen molar-refractivity contribution in [3.63, 3.8) is 0 Å². The molecular weight excluding hydrogens is 270 g/mol. The predicted octanol–water partition coefficient (Wildman–Crippen LogP) is 2.84. The van der Waals surface area contributed by atoms with Crippen LogP contribution in [0.25, 0.3) is 0 Å². The Bertz CT molecular complexity index is 393. The quantitative estimate of drug-likeness (QED) is 0.666. The normalized spacial score (nSPS) is 12.8. The fraction of sp³-hybridized carbons (Fsp3) is 0.333. The molecule has 1 aliphatic rings. The molecule has 0 amide bonds. The van der Waals surface area contributed by atoms with Crippen molar-refractivity contribution in [3.05, 3.63) is 34.8 Å². The summed E-state index contributed by atoms with van der Waals surface area (Å²) in [7, 11) is 0. The van der Waals surface area contributed by atoms with Gasteiger partial charge in [-0.25, -0.2) is 0 Å². The molecule has 1 N–H and O–H groups in total. The van der Waals surface area contributed by atoms with E-state index < -0.39 is 0 Å². The molecule has 0 saturated carbocycles. The fourth-order valence-corrected chi connectivity index (χ4v) is 2.16. The van der Waals surface area contributed by atoms with Crippen LogP contribution in [0, 0.1) is 0 Å². The number of halogens is 1. The lowest BCUT2D eigenvalue weighted by Gasteiger charge is -2.06. The van der Waals surface area contributed by atoms with Gasteiger partial charge in [-0.1, -0.05) is 6.08 Å². The van der Waals surface area contributed by atoms with Crippen molar-refractivity contribution < 1.29 is 9.47 Å². The number of fused-ring (bicyclic) bond motifs is 1. The molecule has 0 aliphatic carbocycles. The SMILES string of the molecule is C=CCCNCc1cc(Br)c2c(c1)OCO2. The average molecular weight is 284 g/mol. The largest absolute Gasteiger partial charge is 0.454 e. The summed E-state index contributed by atoms with van der Waals surface area (Å²) in [6, 6.07) is 4.06. The molecule has 1 aliphatic heterocycles. The van der Waals surface area contributed by atoms with Crippen LogP contribution < -0.4 is 14.8 Å². The molecule has 0 saturated heterocycles. The molecule has 1 aromatic carbocycles. The first-order valence-corrected chi connectivity index (χ1v) is 6.00. The zero-order chi connectivity index (χ0) is 11.4. The highest BCUT2D eigenvalue weighted by atomic mass is 79.9. The van der Waals surface area contributed by atoms with Crippen LogP contribution in [-0.2, 0) is 6.54 Å². The van der Waals surface area contributed by atoms with Crippen molar-refractivity contribution in [2.45, 2.75) is 13.0 Å². The Balaban J connectivity index is 2.00. The standard InChI is InChI=1S/C12H14BrNO2/c1-2-3-4-14-7-9-5-10(13)12-11(6-9)15-8-16-12/h2,5-6,14H,1,3-4,7-8H2. The molecule has 0 spiro atoms. The molecule has 0 fully saturated rings. The lowest BCUT2D eigenvalue weighted by Crippen LogP contribution is -2.13. The molecule has 1 aromatic rings. The van der Waals surface area contributed by atoms with Crippen molar-refractivity contribution >= 4 is 15.9 Å². The maximum Gasteiger partial charge on any atom is 0.231 e. The Hall–Kier alpha value is -1.00. The fourth-order valence-electron chi connectivity index (χ4n) is 1.56. The zero-order valence-electron chi connectivity index (χ0n) is 8.96. The van der Waals surface area contributed by atoms with Gasteiger partial charge in [0.15, 0.2) is 11.5 Å². The van der Waals surface area contributed by atoms with Gasteiger partial charge in [0.2, 0.25) is 6.79 Å². The van der Waals surface area contributed by atoms with Crippen LogP contribution in [0.1, 0.15) is 12.0 Å².